The summed E-state index contributed by atoms with van der Waals surface area (Å²) in [5.74, 6) is 0.463. The van der Waals surface area contributed by atoms with Crippen LogP contribution in [0.1, 0.15) is 18.1 Å². The van der Waals surface area contributed by atoms with Crippen LogP contribution in [0.4, 0.5) is 0 Å². The largest absolute Gasteiger partial charge is 0.489 e. The van der Waals surface area contributed by atoms with Gasteiger partial charge in [-0.2, -0.15) is 0 Å². The molecule has 0 saturated heterocycles. The second kappa shape index (κ2) is 5.34. The van der Waals surface area contributed by atoms with Gasteiger partial charge in [-0.1, -0.05) is 0 Å². The zero-order valence-corrected chi connectivity index (χ0v) is 9.16. The van der Waals surface area contributed by atoms with E-state index in [0.29, 0.717) is 6.61 Å². The Labute approximate surface area is 89.2 Å². The van der Waals surface area contributed by atoms with Crippen LogP contribution in [0, 0.1) is 20.0 Å². The molecule has 0 amide bonds. The van der Waals surface area contributed by atoms with Crippen molar-refractivity contribution in [3.63, 3.8) is 0 Å². The van der Waals surface area contributed by atoms with E-state index >= 15 is 0 Å². The summed E-state index contributed by atoms with van der Waals surface area (Å²) < 4.78 is 10.2. The number of carbonyl (C=O) groups is 1. The van der Waals surface area contributed by atoms with Gasteiger partial charge in [-0.3, -0.25) is 9.78 Å². The molecule has 0 fully saturated rings. The summed E-state index contributed by atoms with van der Waals surface area (Å²) in [4.78, 5) is 14.4. The minimum atomic E-state index is -0.298. The number of ether oxygens (including phenoxy) is 2. The molecule has 0 aliphatic carbocycles. The summed E-state index contributed by atoms with van der Waals surface area (Å²) in [5.41, 5.74) is 1.81. The topological polar surface area (TPSA) is 48.4 Å². The Morgan fingerprint density at radius 2 is 2.20 bits per heavy atom. The number of rotatable bonds is 4. The molecule has 0 aromatic carbocycles. The molecule has 81 valence electrons. The Morgan fingerprint density at radius 1 is 1.47 bits per heavy atom. The fraction of sp³-hybridized carbons (Fsp3) is 0.455. The van der Waals surface area contributed by atoms with E-state index in [-0.39, 0.29) is 12.6 Å². The van der Waals surface area contributed by atoms with E-state index in [1.165, 1.54) is 6.92 Å². The van der Waals surface area contributed by atoms with E-state index in [2.05, 4.69) is 11.2 Å². The zero-order chi connectivity index (χ0) is 11.3. The standard InChI is InChI=1S/C11H14NO3/c1-8-6-12-7-9(2)11(8)15-5-4-14-10(3)13/h6H,4-5H2,1-3H3. The monoisotopic (exact) mass is 208 g/mol. The van der Waals surface area contributed by atoms with Gasteiger partial charge in [0.1, 0.15) is 19.0 Å². The quantitative estimate of drug-likeness (QED) is 0.555. The van der Waals surface area contributed by atoms with Crippen molar-refractivity contribution in [3.05, 3.63) is 23.5 Å². The van der Waals surface area contributed by atoms with Gasteiger partial charge in [-0.05, 0) is 13.8 Å². The molecule has 4 heteroatoms. The molecule has 0 N–H and O–H groups in total. The number of hydrogen-bond acceptors (Lipinski definition) is 4. The van der Waals surface area contributed by atoms with E-state index in [0.717, 1.165) is 16.9 Å². The highest BCUT2D eigenvalue weighted by Crippen LogP contribution is 2.20. The van der Waals surface area contributed by atoms with E-state index in [1.54, 1.807) is 6.20 Å². The van der Waals surface area contributed by atoms with Crippen LogP contribution in [-0.4, -0.2) is 24.2 Å². The fourth-order valence-electron chi connectivity index (χ4n) is 1.18. The van der Waals surface area contributed by atoms with Gasteiger partial charge >= 0.3 is 5.97 Å². The molecule has 0 saturated carbocycles. The molecule has 0 aliphatic rings. The number of aryl methyl sites for hydroxylation is 2. The fourth-order valence-corrected chi connectivity index (χ4v) is 1.18. The van der Waals surface area contributed by atoms with Crippen LogP contribution in [0.3, 0.4) is 0 Å². The summed E-state index contributed by atoms with van der Waals surface area (Å²) in [5, 5.41) is 0. The molecule has 1 aromatic heterocycles. The predicted molar refractivity (Wildman–Crippen MR) is 54.7 cm³/mol. The molecule has 0 aliphatic heterocycles. The van der Waals surface area contributed by atoms with Crippen molar-refractivity contribution in [1.29, 1.82) is 0 Å². The molecule has 1 heterocycles. The minimum absolute atomic E-state index is 0.260. The first-order valence-corrected chi connectivity index (χ1v) is 4.71. The third kappa shape index (κ3) is 3.58. The van der Waals surface area contributed by atoms with Gasteiger partial charge in [0, 0.05) is 24.2 Å². The first kappa shape index (κ1) is 11.5. The summed E-state index contributed by atoms with van der Waals surface area (Å²) in [7, 11) is 0. The second-order valence-electron chi connectivity index (χ2n) is 3.20. The minimum Gasteiger partial charge on any atom is -0.489 e. The first-order chi connectivity index (χ1) is 7.11. The van der Waals surface area contributed by atoms with Crippen molar-refractivity contribution in [2.24, 2.45) is 0 Å². The maximum Gasteiger partial charge on any atom is 0.302 e. The first-order valence-electron chi connectivity index (χ1n) is 4.71. The van der Waals surface area contributed by atoms with Crippen molar-refractivity contribution < 1.29 is 14.3 Å². The number of pyridine rings is 1. The molecule has 1 aromatic rings. The highest BCUT2D eigenvalue weighted by Gasteiger charge is 2.04. The average Bonchev–Trinajstić information content (AvgIpc) is 2.15. The molecule has 1 rings (SSSR count). The lowest BCUT2D eigenvalue weighted by atomic mass is 10.2. The average molecular weight is 208 g/mol. The van der Waals surface area contributed by atoms with Crippen LogP contribution in [0.15, 0.2) is 6.20 Å². The van der Waals surface area contributed by atoms with Crippen LogP contribution >= 0.6 is 0 Å². The van der Waals surface area contributed by atoms with Crippen LogP contribution in [-0.2, 0) is 9.53 Å². The lowest BCUT2D eigenvalue weighted by Crippen LogP contribution is -2.10. The molecule has 0 bridgehead atoms. The molecule has 0 spiro atoms. The normalized spacial score (nSPS) is 9.80. The van der Waals surface area contributed by atoms with Gasteiger partial charge in [-0.25, -0.2) is 0 Å². The van der Waals surface area contributed by atoms with E-state index < -0.39 is 0 Å². The van der Waals surface area contributed by atoms with E-state index in [9.17, 15) is 4.79 Å². The van der Waals surface area contributed by atoms with Crippen LogP contribution < -0.4 is 4.74 Å². The molecule has 1 radical (unpaired) electrons. The van der Waals surface area contributed by atoms with Crippen molar-refractivity contribution in [3.8, 4) is 5.75 Å². The Balaban J connectivity index is 2.47. The maximum atomic E-state index is 10.5. The maximum absolute atomic E-state index is 10.5. The van der Waals surface area contributed by atoms with Crippen LogP contribution in [0.2, 0.25) is 0 Å². The van der Waals surface area contributed by atoms with E-state index in [1.807, 2.05) is 13.8 Å². The highest BCUT2D eigenvalue weighted by molar-refractivity contribution is 5.65. The summed E-state index contributed by atoms with van der Waals surface area (Å²) in [6.45, 7) is 5.77. The zero-order valence-electron chi connectivity index (χ0n) is 9.16. The summed E-state index contributed by atoms with van der Waals surface area (Å²) >= 11 is 0. The Kier molecular flexibility index (Phi) is 4.09. The Hall–Kier alpha value is -1.58. The van der Waals surface area contributed by atoms with Gasteiger partial charge < -0.3 is 9.47 Å². The van der Waals surface area contributed by atoms with Gasteiger partial charge in [0.05, 0.1) is 6.20 Å². The van der Waals surface area contributed by atoms with Gasteiger partial charge in [0.25, 0.3) is 0 Å². The lowest BCUT2D eigenvalue weighted by Gasteiger charge is -2.10. The number of aromatic nitrogens is 1. The lowest BCUT2D eigenvalue weighted by molar-refractivity contribution is -0.141. The number of carbonyl (C=O) groups excluding carboxylic acids is 1. The van der Waals surface area contributed by atoms with Crippen molar-refractivity contribution in [2.75, 3.05) is 13.2 Å². The smallest absolute Gasteiger partial charge is 0.302 e. The van der Waals surface area contributed by atoms with Gasteiger partial charge in [0.15, 0.2) is 0 Å². The van der Waals surface area contributed by atoms with Gasteiger partial charge in [-0.15, -0.1) is 0 Å². The second-order valence-corrected chi connectivity index (χ2v) is 3.20. The predicted octanol–water partition coefficient (Wildman–Crippen LogP) is 1.44. The van der Waals surface area contributed by atoms with Crippen LogP contribution in [0.5, 0.6) is 5.75 Å². The van der Waals surface area contributed by atoms with Gasteiger partial charge in [0.2, 0.25) is 0 Å². The van der Waals surface area contributed by atoms with Crippen LogP contribution in [0.25, 0.3) is 0 Å². The molecule has 4 nitrogen and oxygen atoms in total. The van der Waals surface area contributed by atoms with Crippen molar-refractivity contribution >= 4 is 5.97 Å². The van der Waals surface area contributed by atoms with E-state index in [4.69, 9.17) is 9.47 Å². The SMILES string of the molecule is CC(=O)OCCOc1c(C)[c]ncc1C. The number of nitrogens with zero attached hydrogens (tertiary/aromatic N) is 1. The molecule has 0 atom stereocenters. The number of hydrogen-bond donors (Lipinski definition) is 0. The summed E-state index contributed by atoms with van der Waals surface area (Å²) in [6, 6.07) is 0. The van der Waals surface area contributed by atoms with Crippen molar-refractivity contribution in [2.45, 2.75) is 20.8 Å². The third-order valence-electron chi connectivity index (χ3n) is 1.82. The van der Waals surface area contributed by atoms with Crippen molar-refractivity contribution in [1.82, 2.24) is 4.98 Å². The number of esters is 1. The molecular formula is C11H14NO3. The molecular weight excluding hydrogens is 194 g/mol. The molecule has 0 unspecified atom stereocenters. The highest BCUT2D eigenvalue weighted by atomic mass is 16.6. The third-order valence-corrected chi connectivity index (χ3v) is 1.82. The Morgan fingerprint density at radius 3 is 2.80 bits per heavy atom. The summed E-state index contributed by atoms with van der Waals surface area (Å²) in [6.07, 6.45) is 4.50. The molecule has 15 heavy (non-hydrogen) atoms. The Bertz CT molecular complexity index is 329.